The van der Waals surface area contributed by atoms with Crippen LogP contribution in [0.25, 0.3) is 0 Å². The molecule has 0 atom stereocenters. The molecule has 1 saturated carbocycles. The van der Waals surface area contributed by atoms with Gasteiger partial charge in [0.25, 0.3) is 0 Å². The molecule has 0 spiro atoms. The minimum atomic E-state index is 0.0927. The largest absolute Gasteiger partial charge is 0.375 e. The third-order valence-electron chi connectivity index (χ3n) is 2.04. The fraction of sp³-hybridized carbons (Fsp3) is 1.00. The normalized spacial score (nSPS) is 18.8. The standard InChI is InChI=1S/C9H17IO/c1-9(2,7-10)11-6-5-8-3-4-8/h8H,3-7H2,1-2H3. The third-order valence-corrected chi connectivity index (χ3v) is 3.87. The highest BCUT2D eigenvalue weighted by Gasteiger charge is 2.22. The van der Waals surface area contributed by atoms with Crippen LogP contribution in [-0.2, 0) is 4.74 Å². The van der Waals surface area contributed by atoms with Gasteiger partial charge in [0.05, 0.1) is 5.60 Å². The molecule has 0 radical (unpaired) electrons. The van der Waals surface area contributed by atoms with Crippen molar-refractivity contribution in [2.75, 3.05) is 11.0 Å². The molecule has 0 heterocycles. The molecule has 0 saturated heterocycles. The average Bonchev–Trinajstić information content (AvgIpc) is 2.71. The highest BCUT2D eigenvalue weighted by molar-refractivity contribution is 14.1. The minimum absolute atomic E-state index is 0.0927. The Morgan fingerprint density at radius 1 is 1.45 bits per heavy atom. The van der Waals surface area contributed by atoms with Gasteiger partial charge >= 0.3 is 0 Å². The van der Waals surface area contributed by atoms with Crippen LogP contribution >= 0.6 is 22.6 Å². The van der Waals surface area contributed by atoms with Gasteiger partial charge in [-0.25, -0.2) is 0 Å². The summed E-state index contributed by atoms with van der Waals surface area (Å²) in [5.41, 5.74) is 0.0927. The number of rotatable bonds is 5. The van der Waals surface area contributed by atoms with Crippen molar-refractivity contribution in [1.82, 2.24) is 0 Å². The Kier molecular flexibility index (Phi) is 3.62. The molecule has 0 aromatic heterocycles. The number of ether oxygens (including phenoxy) is 1. The summed E-state index contributed by atoms with van der Waals surface area (Å²) in [5, 5.41) is 0. The number of hydrogen-bond acceptors (Lipinski definition) is 1. The van der Waals surface area contributed by atoms with Gasteiger partial charge in [-0.3, -0.25) is 0 Å². The van der Waals surface area contributed by atoms with Gasteiger partial charge in [-0.05, 0) is 26.2 Å². The van der Waals surface area contributed by atoms with Crippen LogP contribution in [0.3, 0.4) is 0 Å². The Balaban J connectivity index is 1.99. The van der Waals surface area contributed by atoms with Gasteiger partial charge in [-0.2, -0.15) is 0 Å². The highest BCUT2D eigenvalue weighted by atomic mass is 127. The van der Waals surface area contributed by atoms with E-state index in [1.54, 1.807) is 0 Å². The van der Waals surface area contributed by atoms with Crippen molar-refractivity contribution in [3.05, 3.63) is 0 Å². The zero-order valence-electron chi connectivity index (χ0n) is 7.40. The second-order valence-electron chi connectivity index (χ2n) is 3.97. The maximum atomic E-state index is 5.72. The first-order valence-corrected chi connectivity index (χ1v) is 5.86. The summed E-state index contributed by atoms with van der Waals surface area (Å²) in [6.45, 7) is 5.28. The van der Waals surface area contributed by atoms with Gasteiger partial charge in [0.1, 0.15) is 0 Å². The van der Waals surface area contributed by atoms with E-state index in [9.17, 15) is 0 Å². The first-order chi connectivity index (χ1) is 5.14. The Morgan fingerprint density at radius 2 is 2.09 bits per heavy atom. The van der Waals surface area contributed by atoms with Crippen LogP contribution in [-0.4, -0.2) is 16.6 Å². The van der Waals surface area contributed by atoms with Crippen molar-refractivity contribution in [1.29, 1.82) is 0 Å². The summed E-state index contributed by atoms with van der Waals surface area (Å²) in [7, 11) is 0. The van der Waals surface area contributed by atoms with Crippen LogP contribution in [0.5, 0.6) is 0 Å². The molecule has 0 aromatic carbocycles. The Morgan fingerprint density at radius 3 is 2.55 bits per heavy atom. The molecule has 0 N–H and O–H groups in total. The van der Waals surface area contributed by atoms with E-state index in [2.05, 4.69) is 36.4 Å². The molecule has 11 heavy (non-hydrogen) atoms. The van der Waals surface area contributed by atoms with Crippen LogP contribution in [0.15, 0.2) is 0 Å². The molecule has 0 bridgehead atoms. The first kappa shape index (κ1) is 9.78. The van der Waals surface area contributed by atoms with E-state index in [4.69, 9.17) is 4.74 Å². The molecule has 1 aliphatic rings. The number of halogens is 1. The Bertz CT molecular complexity index is 119. The van der Waals surface area contributed by atoms with Gasteiger partial charge in [0.2, 0.25) is 0 Å². The smallest absolute Gasteiger partial charge is 0.0715 e. The summed E-state index contributed by atoms with van der Waals surface area (Å²) in [4.78, 5) is 0. The van der Waals surface area contributed by atoms with Crippen molar-refractivity contribution in [3.63, 3.8) is 0 Å². The number of hydrogen-bond donors (Lipinski definition) is 0. The van der Waals surface area contributed by atoms with E-state index < -0.39 is 0 Å². The van der Waals surface area contributed by atoms with Crippen LogP contribution < -0.4 is 0 Å². The molecule has 1 rings (SSSR count). The van der Waals surface area contributed by atoms with Crippen molar-refractivity contribution in [2.24, 2.45) is 5.92 Å². The zero-order chi connectivity index (χ0) is 8.32. The highest BCUT2D eigenvalue weighted by Crippen LogP contribution is 2.32. The lowest BCUT2D eigenvalue weighted by molar-refractivity contribution is 0.000131. The monoisotopic (exact) mass is 268 g/mol. The second kappa shape index (κ2) is 4.08. The van der Waals surface area contributed by atoms with Crippen LogP contribution in [0.1, 0.15) is 33.1 Å². The topological polar surface area (TPSA) is 9.23 Å². The average molecular weight is 268 g/mol. The molecule has 2 heteroatoms. The lowest BCUT2D eigenvalue weighted by atomic mass is 10.2. The van der Waals surface area contributed by atoms with E-state index in [1.165, 1.54) is 19.3 Å². The molecule has 0 unspecified atom stereocenters. The molecule has 66 valence electrons. The maximum Gasteiger partial charge on any atom is 0.0715 e. The predicted molar refractivity (Wildman–Crippen MR) is 56.3 cm³/mol. The predicted octanol–water partition coefficient (Wildman–Crippen LogP) is 3.02. The summed E-state index contributed by atoms with van der Waals surface area (Å²) in [6.07, 6.45) is 4.15. The molecule has 1 nitrogen and oxygen atoms in total. The van der Waals surface area contributed by atoms with Crippen molar-refractivity contribution >= 4 is 22.6 Å². The van der Waals surface area contributed by atoms with Crippen LogP contribution in [0.4, 0.5) is 0 Å². The van der Waals surface area contributed by atoms with Crippen molar-refractivity contribution in [2.45, 2.75) is 38.7 Å². The SMILES string of the molecule is CC(C)(CI)OCCC1CC1. The van der Waals surface area contributed by atoms with Gasteiger partial charge in [0.15, 0.2) is 0 Å². The summed E-state index contributed by atoms with van der Waals surface area (Å²) in [6, 6.07) is 0. The second-order valence-corrected chi connectivity index (χ2v) is 4.74. The fourth-order valence-corrected chi connectivity index (χ4v) is 1.17. The van der Waals surface area contributed by atoms with E-state index in [-0.39, 0.29) is 5.60 Å². The van der Waals surface area contributed by atoms with E-state index in [1.807, 2.05) is 0 Å². The summed E-state index contributed by atoms with van der Waals surface area (Å²) in [5.74, 6) is 1.00. The summed E-state index contributed by atoms with van der Waals surface area (Å²) < 4.78 is 6.80. The van der Waals surface area contributed by atoms with Crippen LogP contribution in [0.2, 0.25) is 0 Å². The Hall–Kier alpha value is 0.690. The molecular weight excluding hydrogens is 251 g/mol. The van der Waals surface area contributed by atoms with Crippen molar-refractivity contribution in [3.8, 4) is 0 Å². The lowest BCUT2D eigenvalue weighted by Gasteiger charge is -2.22. The summed E-state index contributed by atoms with van der Waals surface area (Å²) >= 11 is 2.38. The van der Waals surface area contributed by atoms with Gasteiger partial charge in [-0.1, -0.05) is 35.4 Å². The van der Waals surface area contributed by atoms with Gasteiger partial charge < -0.3 is 4.74 Å². The first-order valence-electron chi connectivity index (χ1n) is 4.34. The number of alkyl halides is 1. The van der Waals surface area contributed by atoms with E-state index in [0.29, 0.717) is 0 Å². The molecular formula is C9H17IO. The molecule has 1 fully saturated rings. The minimum Gasteiger partial charge on any atom is -0.375 e. The maximum absolute atomic E-state index is 5.72. The van der Waals surface area contributed by atoms with E-state index >= 15 is 0 Å². The fourth-order valence-electron chi connectivity index (χ4n) is 0.947. The van der Waals surface area contributed by atoms with Crippen LogP contribution in [0, 0.1) is 5.92 Å². The molecule has 0 amide bonds. The molecule has 0 aliphatic heterocycles. The quantitative estimate of drug-likeness (QED) is 0.550. The lowest BCUT2D eigenvalue weighted by Crippen LogP contribution is -2.26. The molecule has 1 aliphatic carbocycles. The van der Waals surface area contributed by atoms with Crippen molar-refractivity contribution < 1.29 is 4.74 Å². The third kappa shape index (κ3) is 4.31. The Labute approximate surface area is 83.0 Å². The van der Waals surface area contributed by atoms with E-state index in [0.717, 1.165) is 17.0 Å². The van der Waals surface area contributed by atoms with Gasteiger partial charge in [0, 0.05) is 11.0 Å². The zero-order valence-corrected chi connectivity index (χ0v) is 9.56. The molecule has 0 aromatic rings. The van der Waals surface area contributed by atoms with Gasteiger partial charge in [-0.15, -0.1) is 0 Å².